The molecule has 0 fully saturated rings. The predicted molar refractivity (Wildman–Crippen MR) is 117 cm³/mol. The largest absolute Gasteiger partial charge is 0.403 e. The highest BCUT2D eigenvalue weighted by Crippen LogP contribution is 2.36. The summed E-state index contributed by atoms with van der Waals surface area (Å²) in [6.45, 7) is 11.2. The summed E-state index contributed by atoms with van der Waals surface area (Å²) in [4.78, 5) is 11.2. The van der Waals surface area contributed by atoms with Gasteiger partial charge in [0.25, 0.3) is 8.32 Å². The Morgan fingerprint density at radius 2 is 1.41 bits per heavy atom. The predicted octanol–water partition coefficient (Wildman–Crippen LogP) is 4.88. The van der Waals surface area contributed by atoms with Gasteiger partial charge in [-0.3, -0.25) is 0 Å². The molecule has 0 N–H and O–H groups in total. The number of allylic oxidation sites excluding steroid dienone is 1. The molecule has 0 aliphatic carbocycles. The van der Waals surface area contributed by atoms with Crippen molar-refractivity contribution in [3.05, 3.63) is 72.3 Å². The van der Waals surface area contributed by atoms with Crippen molar-refractivity contribution in [2.45, 2.75) is 52.5 Å². The Labute approximate surface area is 165 Å². The van der Waals surface area contributed by atoms with Crippen molar-refractivity contribution in [2.75, 3.05) is 6.61 Å². The van der Waals surface area contributed by atoms with Gasteiger partial charge in [-0.25, -0.2) is 0 Å². The SMILES string of the molecule is CC(=O)CC/C=C(\C)CO[Si](c1ccccc1)(c1ccccc1)C(C)(C)C. The van der Waals surface area contributed by atoms with E-state index in [1.165, 1.54) is 15.9 Å². The second-order valence-electron chi connectivity index (χ2n) is 8.24. The molecule has 0 radical (unpaired) electrons. The molecular weight excluding hydrogens is 348 g/mol. The van der Waals surface area contributed by atoms with Crippen molar-refractivity contribution in [3.63, 3.8) is 0 Å². The van der Waals surface area contributed by atoms with Crippen molar-refractivity contribution >= 4 is 24.5 Å². The van der Waals surface area contributed by atoms with E-state index in [4.69, 9.17) is 4.43 Å². The molecule has 27 heavy (non-hydrogen) atoms. The molecule has 0 aliphatic rings. The average Bonchev–Trinajstić information content (AvgIpc) is 2.62. The molecule has 2 aromatic carbocycles. The Kier molecular flexibility index (Phi) is 7.34. The molecule has 0 aromatic heterocycles. The van der Waals surface area contributed by atoms with Crippen LogP contribution < -0.4 is 10.4 Å². The topological polar surface area (TPSA) is 26.3 Å². The first-order chi connectivity index (χ1) is 12.8. The summed E-state index contributed by atoms with van der Waals surface area (Å²) in [6.07, 6.45) is 3.51. The maximum absolute atomic E-state index is 11.2. The fourth-order valence-electron chi connectivity index (χ4n) is 3.56. The van der Waals surface area contributed by atoms with E-state index in [-0.39, 0.29) is 10.8 Å². The van der Waals surface area contributed by atoms with Gasteiger partial charge in [0.2, 0.25) is 0 Å². The molecule has 0 atom stereocenters. The van der Waals surface area contributed by atoms with Crippen LogP contribution in [0.2, 0.25) is 5.04 Å². The average molecular weight is 381 g/mol. The zero-order chi connectivity index (χ0) is 19.9. The Hall–Kier alpha value is -1.97. The first kappa shape index (κ1) is 21.3. The zero-order valence-electron chi connectivity index (χ0n) is 17.3. The van der Waals surface area contributed by atoms with Gasteiger partial charge in [0.15, 0.2) is 0 Å². The normalized spacial score (nSPS) is 12.9. The number of Topliss-reactive ketones (excluding diaryl/α,β-unsaturated/α-hetero) is 1. The van der Waals surface area contributed by atoms with E-state index in [1.807, 2.05) is 0 Å². The number of hydrogen-bond donors (Lipinski definition) is 0. The van der Waals surface area contributed by atoms with E-state index < -0.39 is 8.32 Å². The third kappa shape index (κ3) is 5.27. The molecule has 0 spiro atoms. The van der Waals surface area contributed by atoms with Gasteiger partial charge < -0.3 is 9.22 Å². The summed E-state index contributed by atoms with van der Waals surface area (Å²) in [5.74, 6) is 0.229. The van der Waals surface area contributed by atoms with Gasteiger partial charge in [-0.05, 0) is 35.7 Å². The van der Waals surface area contributed by atoms with Crippen LogP contribution in [0.5, 0.6) is 0 Å². The van der Waals surface area contributed by atoms with Gasteiger partial charge in [0.05, 0.1) is 6.61 Å². The van der Waals surface area contributed by atoms with Crippen molar-refractivity contribution in [2.24, 2.45) is 0 Å². The highest BCUT2D eigenvalue weighted by Gasteiger charge is 2.50. The van der Waals surface area contributed by atoms with E-state index >= 15 is 0 Å². The van der Waals surface area contributed by atoms with Gasteiger partial charge >= 0.3 is 0 Å². The quantitative estimate of drug-likeness (QED) is 0.482. The number of carbonyl (C=O) groups is 1. The van der Waals surface area contributed by atoms with E-state index in [9.17, 15) is 4.79 Å². The fourth-order valence-corrected chi connectivity index (χ4v) is 8.16. The monoisotopic (exact) mass is 380 g/mol. The Morgan fingerprint density at radius 1 is 0.926 bits per heavy atom. The zero-order valence-corrected chi connectivity index (χ0v) is 18.3. The van der Waals surface area contributed by atoms with E-state index in [0.717, 1.165) is 6.42 Å². The van der Waals surface area contributed by atoms with Gasteiger partial charge in [0, 0.05) is 6.42 Å². The lowest BCUT2D eigenvalue weighted by molar-refractivity contribution is -0.116. The Bertz CT molecular complexity index is 718. The van der Waals surface area contributed by atoms with Gasteiger partial charge in [-0.1, -0.05) is 93.1 Å². The van der Waals surface area contributed by atoms with Crippen LogP contribution in [0.3, 0.4) is 0 Å². The van der Waals surface area contributed by atoms with Gasteiger partial charge in [-0.2, -0.15) is 0 Å². The molecule has 144 valence electrons. The minimum atomic E-state index is -2.48. The van der Waals surface area contributed by atoms with Crippen LogP contribution in [0, 0.1) is 0 Å². The van der Waals surface area contributed by atoms with Crippen LogP contribution in [-0.2, 0) is 9.22 Å². The molecule has 2 nitrogen and oxygen atoms in total. The Morgan fingerprint density at radius 3 is 1.81 bits per heavy atom. The van der Waals surface area contributed by atoms with Gasteiger partial charge in [0.1, 0.15) is 5.78 Å². The van der Waals surface area contributed by atoms with Crippen LogP contribution in [0.4, 0.5) is 0 Å². The molecule has 3 heteroatoms. The lowest BCUT2D eigenvalue weighted by atomic mass is 10.2. The van der Waals surface area contributed by atoms with E-state index in [0.29, 0.717) is 13.0 Å². The third-order valence-electron chi connectivity index (χ3n) is 4.92. The highest BCUT2D eigenvalue weighted by atomic mass is 28.4. The lowest BCUT2D eigenvalue weighted by Crippen LogP contribution is -2.66. The summed E-state index contributed by atoms with van der Waals surface area (Å²) in [5, 5.41) is 2.57. The molecular formula is C24H32O2Si. The fraction of sp³-hybridized carbons (Fsp3) is 0.375. The molecule has 0 heterocycles. The van der Waals surface area contributed by atoms with Crippen LogP contribution >= 0.6 is 0 Å². The van der Waals surface area contributed by atoms with Crippen molar-refractivity contribution in [1.29, 1.82) is 0 Å². The summed E-state index contributed by atoms with van der Waals surface area (Å²) in [7, 11) is -2.48. The second-order valence-corrected chi connectivity index (χ2v) is 12.5. The highest BCUT2D eigenvalue weighted by molar-refractivity contribution is 6.99. The first-order valence-electron chi connectivity index (χ1n) is 9.67. The van der Waals surface area contributed by atoms with Crippen LogP contribution in [0.1, 0.15) is 47.5 Å². The standard InChI is InChI=1S/C24H32O2Si/c1-20(13-12-14-21(2)25)19-26-27(24(3,4)5,22-15-8-6-9-16-22)23-17-10-7-11-18-23/h6-11,13,15-18H,12,14,19H2,1-5H3/b20-13+. The van der Waals surface area contributed by atoms with Crippen LogP contribution in [-0.4, -0.2) is 20.7 Å². The lowest BCUT2D eigenvalue weighted by Gasteiger charge is -2.43. The molecule has 0 saturated carbocycles. The molecule has 0 unspecified atom stereocenters. The summed E-state index contributed by atoms with van der Waals surface area (Å²) in [5.41, 5.74) is 1.18. The third-order valence-corrected chi connectivity index (χ3v) is 9.90. The molecule has 0 bridgehead atoms. The van der Waals surface area contributed by atoms with Crippen molar-refractivity contribution in [1.82, 2.24) is 0 Å². The minimum Gasteiger partial charge on any atom is -0.403 e. The first-order valence-corrected chi connectivity index (χ1v) is 11.6. The van der Waals surface area contributed by atoms with E-state index in [1.54, 1.807) is 6.92 Å². The minimum absolute atomic E-state index is 0.0185. The van der Waals surface area contributed by atoms with Crippen molar-refractivity contribution in [3.8, 4) is 0 Å². The van der Waals surface area contributed by atoms with Crippen molar-refractivity contribution < 1.29 is 9.22 Å². The molecule has 0 saturated heterocycles. The summed E-state index contributed by atoms with van der Waals surface area (Å²) >= 11 is 0. The second kappa shape index (κ2) is 9.29. The molecule has 0 amide bonds. The maximum Gasteiger partial charge on any atom is 0.261 e. The Balaban J connectivity index is 2.42. The smallest absolute Gasteiger partial charge is 0.261 e. The molecule has 2 aromatic rings. The number of rotatable bonds is 8. The maximum atomic E-state index is 11.2. The number of carbonyl (C=O) groups excluding carboxylic acids is 1. The van der Waals surface area contributed by atoms with Gasteiger partial charge in [-0.15, -0.1) is 0 Å². The molecule has 0 aliphatic heterocycles. The number of benzene rings is 2. The number of hydrogen-bond acceptors (Lipinski definition) is 2. The summed E-state index contributed by atoms with van der Waals surface area (Å²) < 4.78 is 6.87. The van der Waals surface area contributed by atoms with Crippen LogP contribution in [0.25, 0.3) is 0 Å². The molecule has 2 rings (SSSR count). The summed E-state index contributed by atoms with van der Waals surface area (Å²) in [6, 6.07) is 21.4. The number of ketones is 1. The van der Waals surface area contributed by atoms with Crippen LogP contribution in [0.15, 0.2) is 72.3 Å². The van der Waals surface area contributed by atoms with E-state index in [2.05, 4.69) is 94.4 Å².